The number of hydrogen-bond donors (Lipinski definition) is 2. The second kappa shape index (κ2) is 10.1. The fourth-order valence-corrected chi connectivity index (χ4v) is 4.75. The Balaban J connectivity index is 1.30. The van der Waals surface area contributed by atoms with Crippen LogP contribution in [0.3, 0.4) is 0 Å². The minimum Gasteiger partial charge on any atom is -0.326 e. The predicted molar refractivity (Wildman–Crippen MR) is 137 cm³/mol. The van der Waals surface area contributed by atoms with Gasteiger partial charge in [0.25, 0.3) is 5.91 Å². The lowest BCUT2D eigenvalue weighted by Gasteiger charge is -2.17. The molecule has 2 N–H and O–H groups in total. The van der Waals surface area contributed by atoms with E-state index in [9.17, 15) is 14.4 Å². The lowest BCUT2D eigenvalue weighted by molar-refractivity contribution is -0.119. The van der Waals surface area contributed by atoms with Crippen LogP contribution >= 0.6 is 11.8 Å². The normalized spacial score (nSPS) is 15.9. The number of nitrogens with zero attached hydrogens (tertiary/aromatic N) is 2. The highest BCUT2D eigenvalue weighted by molar-refractivity contribution is 8.00. The van der Waals surface area contributed by atoms with Gasteiger partial charge in [0.15, 0.2) is 0 Å². The first-order valence-electron chi connectivity index (χ1n) is 11.5. The molecule has 0 bridgehead atoms. The molecule has 0 radical (unpaired) electrons. The molecule has 3 aromatic rings. The smallest absolute Gasteiger partial charge is 0.255 e. The predicted octanol–water partition coefficient (Wildman–Crippen LogP) is 4.74. The quantitative estimate of drug-likeness (QED) is 0.474. The fraction of sp³-hybridized carbons (Fsp3) is 0.185. The largest absolute Gasteiger partial charge is 0.326 e. The van der Waals surface area contributed by atoms with Crippen molar-refractivity contribution < 1.29 is 14.4 Å². The Labute approximate surface area is 207 Å². The van der Waals surface area contributed by atoms with Crippen molar-refractivity contribution in [1.29, 1.82) is 0 Å². The lowest BCUT2D eigenvalue weighted by atomic mass is 10.1. The summed E-state index contributed by atoms with van der Waals surface area (Å²) in [5, 5.41) is 10.9. The number of anilines is 2. The van der Waals surface area contributed by atoms with E-state index >= 15 is 0 Å². The summed E-state index contributed by atoms with van der Waals surface area (Å²) in [5.41, 5.74) is 2.24. The molecule has 5 rings (SSSR count). The van der Waals surface area contributed by atoms with E-state index in [0.29, 0.717) is 11.5 Å². The van der Waals surface area contributed by atoms with Gasteiger partial charge < -0.3 is 10.6 Å². The number of hydrogen-bond acceptors (Lipinski definition) is 5. The van der Waals surface area contributed by atoms with Crippen molar-refractivity contribution in [3.63, 3.8) is 0 Å². The maximum absolute atomic E-state index is 13.3. The zero-order chi connectivity index (χ0) is 24.2. The first-order valence-corrected chi connectivity index (χ1v) is 12.3. The van der Waals surface area contributed by atoms with E-state index in [2.05, 4.69) is 15.7 Å². The van der Waals surface area contributed by atoms with Crippen molar-refractivity contribution >= 4 is 46.7 Å². The molecule has 1 atom stereocenters. The molecule has 1 unspecified atom stereocenters. The van der Waals surface area contributed by atoms with Gasteiger partial charge in [0.2, 0.25) is 11.8 Å². The maximum atomic E-state index is 13.3. The molecular weight excluding hydrogens is 460 g/mol. The molecule has 8 heteroatoms. The van der Waals surface area contributed by atoms with Gasteiger partial charge in [-0.15, -0.1) is 11.8 Å². The number of carbonyl (C=O) groups excluding carboxylic acids is 3. The average Bonchev–Trinajstić information content (AvgIpc) is 3.67. The first kappa shape index (κ1) is 22.9. The molecule has 3 amide bonds. The summed E-state index contributed by atoms with van der Waals surface area (Å²) in [4.78, 5) is 38.7. The van der Waals surface area contributed by atoms with Crippen molar-refractivity contribution in [3.05, 3.63) is 90.5 Å². The van der Waals surface area contributed by atoms with E-state index in [1.807, 2.05) is 72.8 Å². The summed E-state index contributed by atoms with van der Waals surface area (Å²) >= 11 is 1.40. The Morgan fingerprint density at radius 2 is 1.54 bits per heavy atom. The van der Waals surface area contributed by atoms with Gasteiger partial charge in [0, 0.05) is 16.5 Å². The number of hydrazone groups is 1. The summed E-state index contributed by atoms with van der Waals surface area (Å²) in [6, 6.07) is 26.1. The van der Waals surface area contributed by atoms with E-state index in [0.717, 1.165) is 29.0 Å². The molecule has 0 saturated heterocycles. The third kappa shape index (κ3) is 5.60. The van der Waals surface area contributed by atoms with Crippen LogP contribution in [0.4, 0.5) is 11.4 Å². The molecule has 0 aromatic heterocycles. The van der Waals surface area contributed by atoms with Crippen LogP contribution in [0.15, 0.2) is 94.9 Å². The van der Waals surface area contributed by atoms with Gasteiger partial charge in [-0.1, -0.05) is 48.5 Å². The highest BCUT2D eigenvalue weighted by Gasteiger charge is 2.30. The molecule has 7 nitrogen and oxygen atoms in total. The minimum absolute atomic E-state index is 0.0300. The van der Waals surface area contributed by atoms with Gasteiger partial charge in [-0.05, 0) is 54.8 Å². The number of carbonyl (C=O) groups is 3. The lowest BCUT2D eigenvalue weighted by Crippen LogP contribution is -2.33. The molecule has 3 aromatic carbocycles. The van der Waals surface area contributed by atoms with Crippen molar-refractivity contribution in [1.82, 2.24) is 5.32 Å². The molecule has 2 aliphatic rings. The highest BCUT2D eigenvalue weighted by atomic mass is 32.2. The topological polar surface area (TPSA) is 90.9 Å². The van der Waals surface area contributed by atoms with Crippen LogP contribution in [0.1, 0.15) is 30.1 Å². The Morgan fingerprint density at radius 1 is 0.886 bits per heavy atom. The van der Waals surface area contributed by atoms with Crippen LogP contribution in [0.25, 0.3) is 0 Å². The zero-order valence-corrected chi connectivity index (χ0v) is 19.7. The van der Waals surface area contributed by atoms with E-state index in [1.165, 1.54) is 16.8 Å². The summed E-state index contributed by atoms with van der Waals surface area (Å²) in [7, 11) is 0. The molecule has 35 heavy (non-hydrogen) atoms. The molecule has 1 fully saturated rings. The summed E-state index contributed by atoms with van der Waals surface area (Å²) in [6.45, 7) is 0. The third-order valence-corrected chi connectivity index (χ3v) is 6.97. The van der Waals surface area contributed by atoms with Crippen molar-refractivity contribution in [2.75, 3.05) is 10.3 Å². The van der Waals surface area contributed by atoms with Crippen LogP contribution in [0.5, 0.6) is 0 Å². The summed E-state index contributed by atoms with van der Waals surface area (Å²) in [6.07, 6.45) is 1.93. The van der Waals surface area contributed by atoms with Gasteiger partial charge in [-0.3, -0.25) is 14.4 Å². The number of rotatable bonds is 7. The fourth-order valence-electron chi connectivity index (χ4n) is 3.72. The standard InChI is InChI=1S/C27H24N4O3S/c32-24-17-23(30-31(24)21-9-5-2-6-10-21)29-27(34)25(18-7-3-1-4-8-18)35-22-15-13-20(14-16-22)28-26(33)19-11-12-19/h1-10,13-16,19,25H,11-12,17H2,(H,28,33)(H,29,30,34). The van der Waals surface area contributed by atoms with Gasteiger partial charge in [-0.2, -0.15) is 10.1 Å². The van der Waals surface area contributed by atoms with Crippen molar-refractivity contribution in [2.24, 2.45) is 11.0 Å². The molecule has 176 valence electrons. The number of thioether (sulfide) groups is 1. The van der Waals surface area contributed by atoms with Crippen LogP contribution in [0.2, 0.25) is 0 Å². The highest BCUT2D eigenvalue weighted by Crippen LogP contribution is 2.36. The molecule has 1 aliphatic heterocycles. The maximum Gasteiger partial charge on any atom is 0.255 e. The number of nitrogens with one attached hydrogen (secondary N) is 2. The summed E-state index contributed by atoms with van der Waals surface area (Å²) in [5.74, 6) is 0.0679. The van der Waals surface area contributed by atoms with Crippen LogP contribution in [0, 0.1) is 5.92 Å². The Hall–Kier alpha value is -3.91. The average molecular weight is 485 g/mol. The molecular formula is C27H24N4O3S. The van der Waals surface area contributed by atoms with Crippen LogP contribution < -0.4 is 15.6 Å². The Kier molecular flexibility index (Phi) is 6.63. The van der Waals surface area contributed by atoms with E-state index in [4.69, 9.17) is 0 Å². The number of para-hydroxylation sites is 1. The van der Waals surface area contributed by atoms with Crippen LogP contribution in [-0.4, -0.2) is 23.6 Å². The number of benzene rings is 3. The zero-order valence-electron chi connectivity index (χ0n) is 18.9. The van der Waals surface area contributed by atoms with E-state index in [-0.39, 0.29) is 30.1 Å². The van der Waals surface area contributed by atoms with Crippen molar-refractivity contribution in [3.8, 4) is 0 Å². The molecule has 1 saturated carbocycles. The van der Waals surface area contributed by atoms with Gasteiger partial charge >= 0.3 is 0 Å². The second-order valence-corrected chi connectivity index (χ2v) is 9.63. The minimum atomic E-state index is -0.549. The third-order valence-electron chi connectivity index (χ3n) is 5.71. The summed E-state index contributed by atoms with van der Waals surface area (Å²) < 4.78 is 0. The molecule has 1 heterocycles. The van der Waals surface area contributed by atoms with E-state index in [1.54, 1.807) is 12.1 Å². The molecule has 1 aliphatic carbocycles. The van der Waals surface area contributed by atoms with Gasteiger partial charge in [0.05, 0.1) is 12.1 Å². The van der Waals surface area contributed by atoms with E-state index < -0.39 is 5.25 Å². The number of amides is 3. The Morgan fingerprint density at radius 3 is 2.20 bits per heavy atom. The van der Waals surface area contributed by atoms with Crippen molar-refractivity contribution in [2.45, 2.75) is 29.4 Å². The number of amidine groups is 1. The van der Waals surface area contributed by atoms with Gasteiger partial charge in [0.1, 0.15) is 11.1 Å². The SMILES string of the molecule is O=C(Nc1ccc(SC(C(=O)NC2=NN(c3ccccc3)C(=O)C2)c2ccccc2)cc1)C1CC1. The first-order chi connectivity index (χ1) is 17.1. The van der Waals surface area contributed by atoms with Crippen LogP contribution in [-0.2, 0) is 14.4 Å². The monoisotopic (exact) mass is 484 g/mol. The Bertz CT molecular complexity index is 1260. The molecule has 0 spiro atoms. The second-order valence-electron chi connectivity index (χ2n) is 8.45. The van der Waals surface area contributed by atoms with Gasteiger partial charge in [-0.25, -0.2) is 0 Å².